The quantitative estimate of drug-likeness (QED) is 0.824. The van der Waals surface area contributed by atoms with E-state index in [9.17, 15) is 0 Å². The summed E-state index contributed by atoms with van der Waals surface area (Å²) in [4.78, 5) is 1.26. The van der Waals surface area contributed by atoms with Gasteiger partial charge in [-0.3, -0.25) is 4.57 Å². The Hall–Kier alpha value is -0.870. The Balaban J connectivity index is 2.36. The standard InChI is InChI=1S/C11H14ClN3S/c1-11(2,3)9-13-14-10(12)15(9)7-8-5-4-6-16-8/h4-6H,7H2,1-3H3. The first-order valence-corrected chi connectivity index (χ1v) is 6.36. The molecule has 2 aromatic heterocycles. The van der Waals surface area contributed by atoms with E-state index in [1.807, 2.05) is 10.6 Å². The van der Waals surface area contributed by atoms with Gasteiger partial charge in [0.1, 0.15) is 5.82 Å². The minimum atomic E-state index is -0.0442. The lowest BCUT2D eigenvalue weighted by molar-refractivity contribution is 0.511. The average Bonchev–Trinajstić information content (AvgIpc) is 2.76. The van der Waals surface area contributed by atoms with Crippen LogP contribution in [0.4, 0.5) is 0 Å². The van der Waals surface area contributed by atoms with Crippen LogP contribution in [0.2, 0.25) is 5.28 Å². The Morgan fingerprint density at radius 2 is 2.12 bits per heavy atom. The van der Waals surface area contributed by atoms with E-state index in [4.69, 9.17) is 11.6 Å². The van der Waals surface area contributed by atoms with Gasteiger partial charge >= 0.3 is 0 Å². The van der Waals surface area contributed by atoms with Crippen molar-refractivity contribution in [3.05, 3.63) is 33.5 Å². The van der Waals surface area contributed by atoms with Gasteiger partial charge in [-0.25, -0.2) is 0 Å². The molecule has 0 aliphatic heterocycles. The van der Waals surface area contributed by atoms with Crippen LogP contribution >= 0.6 is 22.9 Å². The Morgan fingerprint density at radius 3 is 2.69 bits per heavy atom. The van der Waals surface area contributed by atoms with Crippen molar-refractivity contribution in [2.45, 2.75) is 32.7 Å². The van der Waals surface area contributed by atoms with Gasteiger partial charge in [0.15, 0.2) is 0 Å². The highest BCUT2D eigenvalue weighted by molar-refractivity contribution is 7.09. The molecule has 0 aliphatic rings. The fraction of sp³-hybridized carbons (Fsp3) is 0.455. The fourth-order valence-electron chi connectivity index (χ4n) is 1.54. The average molecular weight is 256 g/mol. The van der Waals surface area contributed by atoms with Gasteiger partial charge in [-0.1, -0.05) is 26.8 Å². The highest BCUT2D eigenvalue weighted by Gasteiger charge is 2.23. The van der Waals surface area contributed by atoms with E-state index in [-0.39, 0.29) is 5.41 Å². The van der Waals surface area contributed by atoms with Gasteiger partial charge in [0.25, 0.3) is 0 Å². The summed E-state index contributed by atoms with van der Waals surface area (Å²) >= 11 is 7.78. The molecule has 0 amide bonds. The van der Waals surface area contributed by atoms with Crippen LogP contribution in [0.1, 0.15) is 31.5 Å². The second kappa shape index (κ2) is 4.18. The lowest BCUT2D eigenvalue weighted by atomic mass is 9.96. The molecule has 0 fully saturated rings. The van der Waals surface area contributed by atoms with E-state index >= 15 is 0 Å². The number of hydrogen-bond donors (Lipinski definition) is 0. The van der Waals surface area contributed by atoms with Crippen LogP contribution in [0.25, 0.3) is 0 Å². The van der Waals surface area contributed by atoms with E-state index in [1.165, 1.54) is 4.88 Å². The molecule has 0 N–H and O–H groups in total. The molecule has 5 heteroatoms. The summed E-state index contributed by atoms with van der Waals surface area (Å²) in [6, 6.07) is 4.13. The highest BCUT2D eigenvalue weighted by Crippen LogP contribution is 2.24. The molecule has 0 aliphatic carbocycles. The molecule has 0 radical (unpaired) electrons. The monoisotopic (exact) mass is 255 g/mol. The van der Waals surface area contributed by atoms with Crippen LogP contribution in [0.3, 0.4) is 0 Å². The SMILES string of the molecule is CC(C)(C)c1nnc(Cl)n1Cc1cccs1. The maximum Gasteiger partial charge on any atom is 0.225 e. The zero-order chi connectivity index (χ0) is 11.8. The zero-order valence-corrected chi connectivity index (χ0v) is 11.1. The van der Waals surface area contributed by atoms with Crippen molar-refractivity contribution in [1.82, 2.24) is 14.8 Å². The van der Waals surface area contributed by atoms with Crippen molar-refractivity contribution in [3.63, 3.8) is 0 Å². The highest BCUT2D eigenvalue weighted by atomic mass is 35.5. The van der Waals surface area contributed by atoms with Crippen molar-refractivity contribution in [3.8, 4) is 0 Å². The predicted molar refractivity (Wildman–Crippen MR) is 67.2 cm³/mol. The Labute approximate surface area is 104 Å². The molecule has 0 atom stereocenters. The maximum atomic E-state index is 6.06. The number of thiophene rings is 1. The van der Waals surface area contributed by atoms with E-state index in [1.54, 1.807) is 11.3 Å². The molecule has 3 nitrogen and oxygen atoms in total. The number of hydrogen-bond acceptors (Lipinski definition) is 3. The predicted octanol–water partition coefficient (Wildman–Crippen LogP) is 3.34. The van der Waals surface area contributed by atoms with Gasteiger partial charge in [-0.05, 0) is 23.0 Å². The van der Waals surface area contributed by atoms with Gasteiger partial charge in [-0.2, -0.15) is 0 Å². The van der Waals surface area contributed by atoms with Gasteiger partial charge in [0.2, 0.25) is 5.28 Å². The molecular weight excluding hydrogens is 242 g/mol. The molecule has 0 spiro atoms. The third kappa shape index (κ3) is 2.28. The lowest BCUT2D eigenvalue weighted by Gasteiger charge is -2.18. The minimum absolute atomic E-state index is 0.0442. The molecule has 2 heterocycles. The lowest BCUT2D eigenvalue weighted by Crippen LogP contribution is -2.19. The number of aromatic nitrogens is 3. The summed E-state index contributed by atoms with van der Waals surface area (Å²) in [6.07, 6.45) is 0. The Morgan fingerprint density at radius 1 is 1.38 bits per heavy atom. The van der Waals surface area contributed by atoms with Crippen LogP contribution in [0.5, 0.6) is 0 Å². The van der Waals surface area contributed by atoms with E-state index in [0.717, 1.165) is 12.4 Å². The largest absolute Gasteiger partial charge is 0.296 e. The minimum Gasteiger partial charge on any atom is -0.296 e. The first kappa shape index (κ1) is 11.6. The molecule has 0 aromatic carbocycles. The van der Waals surface area contributed by atoms with Crippen LogP contribution in [-0.2, 0) is 12.0 Å². The molecule has 2 rings (SSSR count). The third-order valence-corrected chi connectivity index (χ3v) is 3.41. The molecule has 0 bridgehead atoms. The molecule has 16 heavy (non-hydrogen) atoms. The normalized spacial score (nSPS) is 12.0. The Kier molecular flexibility index (Phi) is 3.04. The van der Waals surface area contributed by atoms with E-state index in [2.05, 4.69) is 42.4 Å². The van der Waals surface area contributed by atoms with Crippen LogP contribution < -0.4 is 0 Å². The van der Waals surface area contributed by atoms with Gasteiger partial charge < -0.3 is 0 Å². The van der Waals surface area contributed by atoms with Crippen LogP contribution in [0.15, 0.2) is 17.5 Å². The van der Waals surface area contributed by atoms with Crippen molar-refractivity contribution in [1.29, 1.82) is 0 Å². The number of halogens is 1. The summed E-state index contributed by atoms with van der Waals surface area (Å²) in [5, 5.41) is 10.6. The van der Waals surface area contributed by atoms with Gasteiger partial charge in [0, 0.05) is 10.3 Å². The molecule has 0 unspecified atom stereocenters. The summed E-state index contributed by atoms with van der Waals surface area (Å²) in [5.41, 5.74) is -0.0442. The maximum absolute atomic E-state index is 6.06. The summed E-state index contributed by atoms with van der Waals surface area (Å²) in [7, 11) is 0. The molecule has 0 saturated carbocycles. The topological polar surface area (TPSA) is 30.7 Å². The fourth-order valence-corrected chi connectivity index (χ4v) is 2.41. The first-order chi connectivity index (χ1) is 7.48. The van der Waals surface area contributed by atoms with Crippen molar-refractivity contribution in [2.75, 3.05) is 0 Å². The molecule has 2 aromatic rings. The van der Waals surface area contributed by atoms with Gasteiger partial charge in [0.05, 0.1) is 6.54 Å². The molecule has 0 saturated heterocycles. The number of rotatable bonds is 2. The second-order valence-electron chi connectivity index (χ2n) is 4.71. The van der Waals surface area contributed by atoms with Gasteiger partial charge in [-0.15, -0.1) is 21.5 Å². The summed E-state index contributed by atoms with van der Waals surface area (Å²) in [6.45, 7) is 7.07. The van der Waals surface area contributed by atoms with E-state index in [0.29, 0.717) is 5.28 Å². The molecule has 86 valence electrons. The van der Waals surface area contributed by atoms with Crippen molar-refractivity contribution >= 4 is 22.9 Å². The van der Waals surface area contributed by atoms with Crippen LogP contribution in [-0.4, -0.2) is 14.8 Å². The number of nitrogens with zero attached hydrogens (tertiary/aromatic N) is 3. The van der Waals surface area contributed by atoms with Crippen LogP contribution in [0, 0.1) is 0 Å². The smallest absolute Gasteiger partial charge is 0.225 e. The summed E-state index contributed by atoms with van der Waals surface area (Å²) in [5.74, 6) is 0.922. The van der Waals surface area contributed by atoms with Crippen molar-refractivity contribution < 1.29 is 0 Å². The Bertz CT molecular complexity index is 468. The zero-order valence-electron chi connectivity index (χ0n) is 9.57. The van der Waals surface area contributed by atoms with Crippen molar-refractivity contribution in [2.24, 2.45) is 0 Å². The molecular formula is C11H14ClN3S. The summed E-state index contributed by atoms with van der Waals surface area (Å²) < 4.78 is 1.97. The first-order valence-electron chi connectivity index (χ1n) is 5.10. The second-order valence-corrected chi connectivity index (χ2v) is 6.08. The van der Waals surface area contributed by atoms with E-state index < -0.39 is 0 Å². The third-order valence-electron chi connectivity index (χ3n) is 2.27.